The van der Waals surface area contributed by atoms with Crippen LogP contribution in [0.2, 0.25) is 0 Å². The molecule has 1 aromatic rings. The molecule has 1 fully saturated rings. The number of aliphatic carboxylic acids is 1. The second kappa shape index (κ2) is 5.40. The standard InChI is InChI=1S/C14H18N2O3/c15-9-14(7-4-8-14)13(19)16-11(12(17)18)10-5-2-1-3-6-10/h1-3,5-6,11H,4,7-9,15H2,(H,16,19)(H,17,18). The molecule has 2 rings (SSSR count). The zero-order chi connectivity index (χ0) is 13.9. The number of nitrogens with one attached hydrogen (secondary N) is 1. The van der Waals surface area contributed by atoms with Gasteiger partial charge in [0.1, 0.15) is 0 Å². The summed E-state index contributed by atoms with van der Waals surface area (Å²) in [5.74, 6) is -1.32. The van der Waals surface area contributed by atoms with Crippen molar-refractivity contribution in [3.8, 4) is 0 Å². The number of hydrogen-bond donors (Lipinski definition) is 3. The van der Waals surface area contributed by atoms with Gasteiger partial charge >= 0.3 is 5.97 Å². The van der Waals surface area contributed by atoms with Crippen molar-refractivity contribution >= 4 is 11.9 Å². The van der Waals surface area contributed by atoms with Crippen molar-refractivity contribution in [3.05, 3.63) is 35.9 Å². The van der Waals surface area contributed by atoms with Crippen LogP contribution in [0.5, 0.6) is 0 Å². The highest BCUT2D eigenvalue weighted by Gasteiger charge is 2.44. The lowest BCUT2D eigenvalue weighted by atomic mass is 9.68. The summed E-state index contributed by atoms with van der Waals surface area (Å²) in [6, 6.07) is 7.66. The third-order valence-corrected chi connectivity index (χ3v) is 3.84. The quantitative estimate of drug-likeness (QED) is 0.739. The zero-order valence-corrected chi connectivity index (χ0v) is 10.6. The highest BCUT2D eigenvalue weighted by atomic mass is 16.4. The number of amides is 1. The Bertz CT molecular complexity index is 463. The molecule has 1 unspecified atom stereocenters. The van der Waals surface area contributed by atoms with Crippen LogP contribution in [0, 0.1) is 5.41 Å². The van der Waals surface area contributed by atoms with E-state index in [2.05, 4.69) is 5.32 Å². The summed E-state index contributed by atoms with van der Waals surface area (Å²) >= 11 is 0. The number of benzene rings is 1. The summed E-state index contributed by atoms with van der Waals surface area (Å²) in [4.78, 5) is 23.5. The molecule has 0 radical (unpaired) electrons. The van der Waals surface area contributed by atoms with Gasteiger partial charge < -0.3 is 16.2 Å². The van der Waals surface area contributed by atoms with Crippen LogP contribution in [0.4, 0.5) is 0 Å². The Hall–Kier alpha value is -1.88. The lowest BCUT2D eigenvalue weighted by Gasteiger charge is -2.39. The van der Waals surface area contributed by atoms with Crippen molar-refractivity contribution in [2.24, 2.45) is 11.1 Å². The molecule has 0 aliphatic heterocycles. The van der Waals surface area contributed by atoms with E-state index in [1.165, 1.54) is 0 Å². The summed E-state index contributed by atoms with van der Waals surface area (Å²) in [7, 11) is 0. The normalized spacial score (nSPS) is 18.2. The van der Waals surface area contributed by atoms with Crippen LogP contribution in [0.1, 0.15) is 30.9 Å². The lowest BCUT2D eigenvalue weighted by Crippen LogP contribution is -2.52. The minimum absolute atomic E-state index is 0.252. The first kappa shape index (κ1) is 13.5. The van der Waals surface area contributed by atoms with E-state index in [9.17, 15) is 14.7 Å². The van der Waals surface area contributed by atoms with Crippen molar-refractivity contribution in [1.82, 2.24) is 5.32 Å². The zero-order valence-electron chi connectivity index (χ0n) is 10.6. The van der Waals surface area contributed by atoms with E-state index in [-0.39, 0.29) is 12.5 Å². The van der Waals surface area contributed by atoms with Gasteiger partial charge in [-0.05, 0) is 18.4 Å². The van der Waals surface area contributed by atoms with Crippen LogP contribution in [0.15, 0.2) is 30.3 Å². The molecule has 0 bridgehead atoms. The lowest BCUT2D eigenvalue weighted by molar-refractivity contribution is -0.145. The fourth-order valence-electron chi connectivity index (χ4n) is 2.34. The van der Waals surface area contributed by atoms with E-state index < -0.39 is 17.4 Å². The van der Waals surface area contributed by atoms with E-state index >= 15 is 0 Å². The van der Waals surface area contributed by atoms with Gasteiger partial charge in [-0.3, -0.25) is 4.79 Å². The monoisotopic (exact) mass is 262 g/mol. The second-order valence-electron chi connectivity index (χ2n) is 4.99. The smallest absolute Gasteiger partial charge is 0.330 e. The molecule has 5 heteroatoms. The Morgan fingerprint density at radius 3 is 2.37 bits per heavy atom. The largest absolute Gasteiger partial charge is 0.479 e. The van der Waals surface area contributed by atoms with Gasteiger partial charge in [0.05, 0.1) is 5.41 Å². The maximum absolute atomic E-state index is 12.2. The average molecular weight is 262 g/mol. The third kappa shape index (κ3) is 2.61. The van der Waals surface area contributed by atoms with Crippen molar-refractivity contribution < 1.29 is 14.7 Å². The molecule has 0 spiro atoms. The SMILES string of the molecule is NCC1(C(=O)NC(C(=O)O)c2ccccc2)CCC1. The van der Waals surface area contributed by atoms with Gasteiger partial charge in [-0.2, -0.15) is 0 Å². The number of hydrogen-bond acceptors (Lipinski definition) is 3. The highest BCUT2D eigenvalue weighted by Crippen LogP contribution is 2.40. The first-order valence-corrected chi connectivity index (χ1v) is 6.38. The van der Waals surface area contributed by atoms with Crippen molar-refractivity contribution in [2.45, 2.75) is 25.3 Å². The van der Waals surface area contributed by atoms with Crippen molar-refractivity contribution in [2.75, 3.05) is 6.54 Å². The molecular weight excluding hydrogens is 244 g/mol. The molecule has 19 heavy (non-hydrogen) atoms. The second-order valence-corrected chi connectivity index (χ2v) is 4.99. The number of carboxylic acids is 1. The van der Waals surface area contributed by atoms with Crippen LogP contribution >= 0.6 is 0 Å². The summed E-state index contributed by atoms with van der Waals surface area (Å²) in [6.45, 7) is 0.264. The summed E-state index contributed by atoms with van der Waals surface area (Å²) in [5, 5.41) is 11.9. The number of carbonyl (C=O) groups is 2. The van der Waals surface area contributed by atoms with Crippen LogP contribution in [0.3, 0.4) is 0 Å². The molecule has 1 saturated carbocycles. The third-order valence-electron chi connectivity index (χ3n) is 3.84. The molecule has 0 saturated heterocycles. The van der Waals surface area contributed by atoms with Gasteiger partial charge in [0.25, 0.3) is 0 Å². The summed E-state index contributed by atoms with van der Waals surface area (Å²) in [6.07, 6.45) is 2.43. The Morgan fingerprint density at radius 1 is 1.32 bits per heavy atom. The van der Waals surface area contributed by atoms with Gasteiger partial charge in [-0.15, -0.1) is 0 Å². The van der Waals surface area contributed by atoms with E-state index in [1.54, 1.807) is 30.3 Å². The highest BCUT2D eigenvalue weighted by molar-refractivity contribution is 5.88. The van der Waals surface area contributed by atoms with Gasteiger partial charge in [0.15, 0.2) is 6.04 Å². The average Bonchev–Trinajstić information content (AvgIpc) is 2.36. The first-order chi connectivity index (χ1) is 9.09. The van der Waals surface area contributed by atoms with Crippen LogP contribution in [0.25, 0.3) is 0 Å². The molecule has 4 N–H and O–H groups in total. The van der Waals surface area contributed by atoms with E-state index in [4.69, 9.17) is 5.73 Å². The minimum Gasteiger partial charge on any atom is -0.479 e. The fourth-order valence-corrected chi connectivity index (χ4v) is 2.34. The van der Waals surface area contributed by atoms with Crippen molar-refractivity contribution in [1.29, 1.82) is 0 Å². The van der Waals surface area contributed by atoms with E-state index in [0.29, 0.717) is 5.56 Å². The predicted octanol–water partition coefficient (Wildman–Crippen LogP) is 1.06. The number of rotatable bonds is 5. The molecule has 5 nitrogen and oxygen atoms in total. The fraction of sp³-hybridized carbons (Fsp3) is 0.429. The Kier molecular flexibility index (Phi) is 3.85. The molecule has 1 aromatic carbocycles. The van der Waals surface area contributed by atoms with Crippen LogP contribution in [-0.2, 0) is 9.59 Å². The maximum atomic E-state index is 12.2. The molecule has 0 heterocycles. The van der Waals surface area contributed by atoms with Gasteiger partial charge in [-0.25, -0.2) is 4.79 Å². The van der Waals surface area contributed by atoms with Gasteiger partial charge in [0.2, 0.25) is 5.91 Å². The Morgan fingerprint density at radius 2 is 1.95 bits per heavy atom. The van der Waals surface area contributed by atoms with Crippen LogP contribution in [-0.4, -0.2) is 23.5 Å². The predicted molar refractivity (Wildman–Crippen MR) is 70.3 cm³/mol. The van der Waals surface area contributed by atoms with E-state index in [0.717, 1.165) is 19.3 Å². The molecule has 1 aliphatic carbocycles. The summed E-state index contributed by atoms with van der Waals surface area (Å²) in [5.41, 5.74) is 5.65. The van der Waals surface area contributed by atoms with Crippen LogP contribution < -0.4 is 11.1 Å². The summed E-state index contributed by atoms with van der Waals surface area (Å²) < 4.78 is 0. The Labute approximate surface area is 111 Å². The molecule has 102 valence electrons. The molecular formula is C14H18N2O3. The molecule has 1 aliphatic rings. The number of carbonyl (C=O) groups excluding carboxylic acids is 1. The minimum atomic E-state index is -1.06. The number of carboxylic acid groups (broad SMARTS) is 1. The molecule has 1 atom stereocenters. The maximum Gasteiger partial charge on any atom is 0.330 e. The topological polar surface area (TPSA) is 92.4 Å². The molecule has 0 aromatic heterocycles. The van der Waals surface area contributed by atoms with E-state index in [1.807, 2.05) is 0 Å². The van der Waals surface area contributed by atoms with Gasteiger partial charge in [-0.1, -0.05) is 36.8 Å². The van der Waals surface area contributed by atoms with Gasteiger partial charge in [0, 0.05) is 6.54 Å². The van der Waals surface area contributed by atoms with Crippen molar-refractivity contribution in [3.63, 3.8) is 0 Å². The first-order valence-electron chi connectivity index (χ1n) is 6.38. The number of nitrogens with two attached hydrogens (primary N) is 1. The Balaban J connectivity index is 2.14. The molecule has 1 amide bonds.